The van der Waals surface area contributed by atoms with Crippen molar-refractivity contribution in [3.05, 3.63) is 53.9 Å². The zero-order valence-corrected chi connectivity index (χ0v) is 10.1. The summed E-state index contributed by atoms with van der Waals surface area (Å²) in [5.41, 5.74) is 3.17. The minimum absolute atomic E-state index is 0.00815. The zero-order valence-electron chi connectivity index (χ0n) is 10.1. The molecule has 0 spiro atoms. The molecule has 17 heavy (non-hydrogen) atoms. The Kier molecular flexibility index (Phi) is 3.28. The molecule has 0 fully saturated rings. The van der Waals surface area contributed by atoms with Gasteiger partial charge in [0.1, 0.15) is 6.54 Å². The van der Waals surface area contributed by atoms with Crippen LogP contribution in [-0.2, 0) is 11.3 Å². The third kappa shape index (κ3) is 3.21. The number of benzene rings is 1. The van der Waals surface area contributed by atoms with Gasteiger partial charge in [-0.25, -0.2) is 0 Å². The fourth-order valence-electron chi connectivity index (χ4n) is 1.89. The maximum atomic E-state index is 11.8. The highest BCUT2D eigenvalue weighted by atomic mass is 16.1. The van der Waals surface area contributed by atoms with E-state index in [0.717, 1.165) is 16.8 Å². The molecule has 2 rings (SSSR count). The number of carbonyl (C=O) groups is 1. The number of nitrogens with one attached hydrogen (secondary N) is 1. The Morgan fingerprint density at radius 1 is 1.12 bits per heavy atom. The van der Waals surface area contributed by atoms with E-state index in [4.69, 9.17) is 0 Å². The number of rotatable bonds is 3. The average Bonchev–Trinajstić information content (AvgIpc) is 2.67. The van der Waals surface area contributed by atoms with Crippen LogP contribution in [0.1, 0.15) is 11.1 Å². The van der Waals surface area contributed by atoms with Gasteiger partial charge in [0.2, 0.25) is 5.91 Å². The van der Waals surface area contributed by atoms with Gasteiger partial charge in [-0.3, -0.25) is 4.79 Å². The van der Waals surface area contributed by atoms with Crippen molar-refractivity contribution in [2.75, 3.05) is 5.32 Å². The minimum Gasteiger partial charge on any atom is -0.345 e. The first kappa shape index (κ1) is 11.5. The van der Waals surface area contributed by atoms with Gasteiger partial charge in [0.15, 0.2) is 0 Å². The summed E-state index contributed by atoms with van der Waals surface area (Å²) in [4.78, 5) is 11.8. The number of hydrogen-bond donors (Lipinski definition) is 1. The molecular weight excluding hydrogens is 212 g/mol. The summed E-state index contributed by atoms with van der Waals surface area (Å²) in [5.74, 6) is -0.00815. The molecule has 0 atom stereocenters. The number of anilines is 1. The van der Waals surface area contributed by atoms with E-state index in [0.29, 0.717) is 6.54 Å². The molecule has 1 aromatic heterocycles. The number of hydrogen-bond acceptors (Lipinski definition) is 1. The molecule has 3 heteroatoms. The molecule has 0 aliphatic heterocycles. The molecule has 0 aliphatic rings. The van der Waals surface area contributed by atoms with Crippen LogP contribution < -0.4 is 5.32 Å². The Balaban J connectivity index is 2.03. The van der Waals surface area contributed by atoms with Gasteiger partial charge in [-0.05, 0) is 49.2 Å². The molecule has 1 amide bonds. The molecule has 2 aromatic rings. The lowest BCUT2D eigenvalue weighted by Crippen LogP contribution is -2.17. The molecule has 3 nitrogen and oxygen atoms in total. The summed E-state index contributed by atoms with van der Waals surface area (Å²) in [6, 6.07) is 9.84. The standard InChI is InChI=1S/C14H16N2O/c1-11-7-12(2)9-13(8-11)15-14(17)10-16-5-3-4-6-16/h3-9H,10H2,1-2H3,(H,15,17). The van der Waals surface area contributed by atoms with Crippen LogP contribution in [0.4, 0.5) is 5.69 Å². The lowest BCUT2D eigenvalue weighted by Gasteiger charge is -2.08. The minimum atomic E-state index is -0.00815. The first-order chi connectivity index (χ1) is 8.13. The third-order valence-corrected chi connectivity index (χ3v) is 2.50. The number of nitrogens with zero attached hydrogens (tertiary/aromatic N) is 1. The van der Waals surface area contributed by atoms with Crippen molar-refractivity contribution in [3.63, 3.8) is 0 Å². The Labute approximate surface area is 101 Å². The smallest absolute Gasteiger partial charge is 0.244 e. The fourth-order valence-corrected chi connectivity index (χ4v) is 1.89. The second-order valence-electron chi connectivity index (χ2n) is 4.28. The highest BCUT2D eigenvalue weighted by molar-refractivity contribution is 5.90. The summed E-state index contributed by atoms with van der Waals surface area (Å²) in [7, 11) is 0. The summed E-state index contributed by atoms with van der Waals surface area (Å²) in [6.07, 6.45) is 3.75. The van der Waals surface area contributed by atoms with Crippen molar-refractivity contribution in [2.45, 2.75) is 20.4 Å². The van der Waals surface area contributed by atoms with Crippen molar-refractivity contribution in [3.8, 4) is 0 Å². The van der Waals surface area contributed by atoms with E-state index in [1.807, 2.05) is 55.1 Å². The van der Waals surface area contributed by atoms with E-state index in [9.17, 15) is 4.79 Å². The van der Waals surface area contributed by atoms with E-state index in [2.05, 4.69) is 11.4 Å². The van der Waals surface area contributed by atoms with Gasteiger partial charge in [-0.15, -0.1) is 0 Å². The zero-order chi connectivity index (χ0) is 12.3. The molecule has 1 heterocycles. The molecule has 0 saturated carbocycles. The quantitative estimate of drug-likeness (QED) is 0.861. The van der Waals surface area contributed by atoms with Gasteiger partial charge in [0.05, 0.1) is 0 Å². The summed E-state index contributed by atoms with van der Waals surface area (Å²) in [6.45, 7) is 4.39. The monoisotopic (exact) mass is 228 g/mol. The van der Waals surface area contributed by atoms with Gasteiger partial charge >= 0.3 is 0 Å². The highest BCUT2D eigenvalue weighted by Gasteiger charge is 2.03. The van der Waals surface area contributed by atoms with Gasteiger partial charge in [-0.2, -0.15) is 0 Å². The largest absolute Gasteiger partial charge is 0.345 e. The van der Waals surface area contributed by atoms with Crippen LogP contribution in [0.2, 0.25) is 0 Å². The first-order valence-corrected chi connectivity index (χ1v) is 5.62. The molecular formula is C14H16N2O. The predicted octanol–water partition coefficient (Wildman–Crippen LogP) is 2.74. The van der Waals surface area contributed by atoms with Crippen molar-refractivity contribution < 1.29 is 4.79 Å². The van der Waals surface area contributed by atoms with Gasteiger partial charge in [-0.1, -0.05) is 6.07 Å². The SMILES string of the molecule is Cc1cc(C)cc(NC(=O)Cn2cccc2)c1. The summed E-state index contributed by atoms with van der Waals surface area (Å²) < 4.78 is 1.85. The third-order valence-electron chi connectivity index (χ3n) is 2.50. The normalized spacial score (nSPS) is 10.2. The maximum absolute atomic E-state index is 11.8. The van der Waals surface area contributed by atoms with Crippen LogP contribution in [0, 0.1) is 13.8 Å². The molecule has 0 unspecified atom stereocenters. The Bertz CT molecular complexity index is 495. The molecule has 1 N–H and O–H groups in total. The summed E-state index contributed by atoms with van der Waals surface area (Å²) >= 11 is 0. The van der Waals surface area contributed by atoms with E-state index >= 15 is 0 Å². The highest BCUT2D eigenvalue weighted by Crippen LogP contribution is 2.13. The van der Waals surface area contributed by atoms with E-state index < -0.39 is 0 Å². The van der Waals surface area contributed by atoms with Crippen LogP contribution >= 0.6 is 0 Å². The lowest BCUT2D eigenvalue weighted by molar-refractivity contribution is -0.116. The van der Waals surface area contributed by atoms with Crippen LogP contribution in [0.25, 0.3) is 0 Å². The Morgan fingerprint density at radius 2 is 1.71 bits per heavy atom. The van der Waals surface area contributed by atoms with E-state index in [-0.39, 0.29) is 5.91 Å². The molecule has 0 aliphatic carbocycles. The average molecular weight is 228 g/mol. The van der Waals surface area contributed by atoms with Gasteiger partial charge in [0.25, 0.3) is 0 Å². The second kappa shape index (κ2) is 4.87. The number of amides is 1. The predicted molar refractivity (Wildman–Crippen MR) is 69.0 cm³/mol. The van der Waals surface area contributed by atoms with Crippen LogP contribution in [0.15, 0.2) is 42.7 Å². The maximum Gasteiger partial charge on any atom is 0.244 e. The molecule has 0 saturated heterocycles. The van der Waals surface area contributed by atoms with Crippen LogP contribution in [0.5, 0.6) is 0 Å². The second-order valence-corrected chi connectivity index (χ2v) is 4.28. The molecule has 88 valence electrons. The van der Waals surface area contributed by atoms with Crippen molar-refractivity contribution in [1.82, 2.24) is 4.57 Å². The van der Waals surface area contributed by atoms with Crippen molar-refractivity contribution in [2.24, 2.45) is 0 Å². The van der Waals surface area contributed by atoms with Crippen LogP contribution in [-0.4, -0.2) is 10.5 Å². The Morgan fingerprint density at radius 3 is 2.29 bits per heavy atom. The van der Waals surface area contributed by atoms with Crippen molar-refractivity contribution >= 4 is 11.6 Å². The van der Waals surface area contributed by atoms with Crippen molar-refractivity contribution in [1.29, 1.82) is 0 Å². The van der Waals surface area contributed by atoms with Crippen LogP contribution in [0.3, 0.4) is 0 Å². The molecule has 0 radical (unpaired) electrons. The van der Waals surface area contributed by atoms with E-state index in [1.165, 1.54) is 0 Å². The van der Waals surface area contributed by atoms with Gasteiger partial charge in [0, 0.05) is 18.1 Å². The molecule has 1 aromatic carbocycles. The topological polar surface area (TPSA) is 34.0 Å². The fraction of sp³-hybridized carbons (Fsp3) is 0.214. The van der Waals surface area contributed by atoms with E-state index in [1.54, 1.807) is 0 Å². The number of aryl methyl sites for hydroxylation is 2. The number of aromatic nitrogens is 1. The van der Waals surface area contributed by atoms with Gasteiger partial charge < -0.3 is 9.88 Å². The molecule has 0 bridgehead atoms. The first-order valence-electron chi connectivity index (χ1n) is 5.62. The summed E-state index contributed by atoms with van der Waals surface area (Å²) in [5, 5.41) is 2.90. The Hall–Kier alpha value is -2.03. The number of carbonyl (C=O) groups excluding carboxylic acids is 1. The lowest BCUT2D eigenvalue weighted by atomic mass is 10.1.